The van der Waals surface area contributed by atoms with E-state index in [0.29, 0.717) is 12.5 Å². The van der Waals surface area contributed by atoms with Crippen LogP contribution < -0.4 is 10.6 Å². The average molecular weight is 246 g/mol. The molecule has 1 heterocycles. The fourth-order valence-electron chi connectivity index (χ4n) is 2.58. The summed E-state index contributed by atoms with van der Waals surface area (Å²) in [5.74, 6) is 0.111. The fourth-order valence-corrected chi connectivity index (χ4v) is 2.58. The van der Waals surface area contributed by atoms with Crippen LogP contribution in [0.5, 0.6) is 0 Å². The Morgan fingerprint density at radius 3 is 2.61 bits per heavy atom. The van der Waals surface area contributed by atoms with Gasteiger partial charge >= 0.3 is 0 Å². The van der Waals surface area contributed by atoms with Gasteiger partial charge in [0.05, 0.1) is 0 Å². The van der Waals surface area contributed by atoms with Crippen LogP contribution in [0.1, 0.15) is 36.8 Å². The number of rotatable bonds is 3. The highest BCUT2D eigenvalue weighted by Crippen LogP contribution is 2.15. The van der Waals surface area contributed by atoms with E-state index in [2.05, 4.69) is 16.7 Å². The van der Waals surface area contributed by atoms with Gasteiger partial charge in [0.25, 0.3) is 0 Å². The van der Waals surface area contributed by atoms with E-state index in [1.165, 1.54) is 24.0 Å². The lowest BCUT2D eigenvalue weighted by molar-refractivity contribution is -0.116. The van der Waals surface area contributed by atoms with Crippen molar-refractivity contribution in [3.05, 3.63) is 29.3 Å². The van der Waals surface area contributed by atoms with Crippen LogP contribution in [0, 0.1) is 13.8 Å². The number of carbonyl (C=O) groups is 1. The maximum atomic E-state index is 12.0. The summed E-state index contributed by atoms with van der Waals surface area (Å²) in [6, 6.07) is 6.49. The molecule has 0 aromatic heterocycles. The Morgan fingerprint density at radius 2 is 2.00 bits per heavy atom. The van der Waals surface area contributed by atoms with E-state index in [0.717, 1.165) is 18.7 Å². The molecule has 0 spiro atoms. The van der Waals surface area contributed by atoms with Crippen molar-refractivity contribution >= 4 is 11.6 Å². The van der Waals surface area contributed by atoms with Crippen molar-refractivity contribution in [3.8, 4) is 0 Å². The zero-order chi connectivity index (χ0) is 13.0. The molecule has 1 atom stereocenters. The number of benzene rings is 1. The summed E-state index contributed by atoms with van der Waals surface area (Å²) in [5, 5.41) is 6.39. The van der Waals surface area contributed by atoms with Crippen LogP contribution in [-0.4, -0.2) is 18.5 Å². The normalized spacial score (nSPS) is 19.6. The maximum Gasteiger partial charge on any atom is 0.225 e. The molecular weight excluding hydrogens is 224 g/mol. The molecule has 0 radical (unpaired) electrons. The summed E-state index contributed by atoms with van der Waals surface area (Å²) in [5.41, 5.74) is 3.27. The van der Waals surface area contributed by atoms with E-state index in [9.17, 15) is 4.79 Å². The minimum atomic E-state index is 0.111. The zero-order valence-electron chi connectivity index (χ0n) is 11.3. The second-order valence-corrected chi connectivity index (χ2v) is 5.28. The maximum absolute atomic E-state index is 12.0. The summed E-state index contributed by atoms with van der Waals surface area (Å²) >= 11 is 0. The first-order valence-corrected chi connectivity index (χ1v) is 6.75. The van der Waals surface area contributed by atoms with Crippen molar-refractivity contribution in [2.75, 3.05) is 11.9 Å². The molecule has 1 aliphatic rings. The van der Waals surface area contributed by atoms with Gasteiger partial charge in [-0.05, 0) is 56.5 Å². The number of piperidine rings is 1. The standard InChI is InChI=1S/C15H22N2O/c1-11-7-12(2)9-14(8-11)17-15(18)10-13-5-3-4-6-16-13/h7-9,13,16H,3-6,10H2,1-2H3,(H,17,18). The third-order valence-electron chi connectivity index (χ3n) is 3.35. The number of amides is 1. The van der Waals surface area contributed by atoms with Crippen molar-refractivity contribution in [2.24, 2.45) is 0 Å². The molecule has 1 saturated heterocycles. The van der Waals surface area contributed by atoms with Crippen molar-refractivity contribution in [3.63, 3.8) is 0 Å². The lowest BCUT2D eigenvalue weighted by atomic mass is 10.0. The first kappa shape index (κ1) is 13.1. The van der Waals surface area contributed by atoms with E-state index < -0.39 is 0 Å². The van der Waals surface area contributed by atoms with Crippen LogP contribution in [0.3, 0.4) is 0 Å². The van der Waals surface area contributed by atoms with E-state index in [-0.39, 0.29) is 5.91 Å². The molecule has 1 aromatic carbocycles. The Morgan fingerprint density at radius 1 is 1.28 bits per heavy atom. The Hall–Kier alpha value is -1.35. The first-order valence-electron chi connectivity index (χ1n) is 6.75. The third kappa shape index (κ3) is 3.84. The van der Waals surface area contributed by atoms with Crippen molar-refractivity contribution in [1.82, 2.24) is 5.32 Å². The Kier molecular flexibility index (Phi) is 4.37. The van der Waals surface area contributed by atoms with Crippen molar-refractivity contribution < 1.29 is 4.79 Å². The Balaban J connectivity index is 1.89. The topological polar surface area (TPSA) is 41.1 Å². The largest absolute Gasteiger partial charge is 0.326 e. The molecule has 0 bridgehead atoms. The molecule has 0 aliphatic carbocycles. The highest BCUT2D eigenvalue weighted by Gasteiger charge is 2.16. The molecular formula is C15H22N2O. The number of anilines is 1. The number of hydrogen-bond acceptors (Lipinski definition) is 2. The van der Waals surface area contributed by atoms with E-state index in [1.54, 1.807) is 0 Å². The quantitative estimate of drug-likeness (QED) is 0.861. The molecule has 2 N–H and O–H groups in total. The van der Waals surface area contributed by atoms with Crippen molar-refractivity contribution in [2.45, 2.75) is 45.6 Å². The SMILES string of the molecule is Cc1cc(C)cc(NC(=O)CC2CCCCN2)c1. The third-order valence-corrected chi connectivity index (χ3v) is 3.35. The molecule has 1 aliphatic heterocycles. The minimum absolute atomic E-state index is 0.111. The number of hydrogen-bond donors (Lipinski definition) is 2. The van der Waals surface area contributed by atoms with Crippen LogP contribution in [0.2, 0.25) is 0 Å². The molecule has 2 rings (SSSR count). The summed E-state index contributed by atoms with van der Waals surface area (Å²) in [6.45, 7) is 5.14. The molecule has 1 amide bonds. The van der Waals surface area contributed by atoms with Crippen LogP contribution >= 0.6 is 0 Å². The smallest absolute Gasteiger partial charge is 0.225 e. The summed E-state index contributed by atoms with van der Waals surface area (Å²) in [7, 11) is 0. The second-order valence-electron chi connectivity index (χ2n) is 5.28. The second kappa shape index (κ2) is 6.01. The van der Waals surface area contributed by atoms with Crippen LogP contribution in [0.25, 0.3) is 0 Å². The van der Waals surface area contributed by atoms with Gasteiger partial charge in [0.1, 0.15) is 0 Å². The average Bonchev–Trinajstić information content (AvgIpc) is 2.28. The lowest BCUT2D eigenvalue weighted by Crippen LogP contribution is -2.36. The van der Waals surface area contributed by atoms with Crippen LogP contribution in [0.4, 0.5) is 5.69 Å². The van der Waals surface area contributed by atoms with Gasteiger partial charge in [-0.1, -0.05) is 12.5 Å². The van der Waals surface area contributed by atoms with Gasteiger partial charge in [-0.25, -0.2) is 0 Å². The van der Waals surface area contributed by atoms with E-state index in [4.69, 9.17) is 0 Å². The Labute approximate surface area is 109 Å². The van der Waals surface area contributed by atoms with Gasteiger partial charge in [0.15, 0.2) is 0 Å². The van der Waals surface area contributed by atoms with E-state index >= 15 is 0 Å². The van der Waals surface area contributed by atoms with Gasteiger partial charge in [-0.2, -0.15) is 0 Å². The van der Waals surface area contributed by atoms with Gasteiger partial charge in [0, 0.05) is 18.2 Å². The number of carbonyl (C=O) groups excluding carboxylic acids is 1. The molecule has 98 valence electrons. The van der Waals surface area contributed by atoms with Gasteiger partial charge < -0.3 is 10.6 Å². The lowest BCUT2D eigenvalue weighted by Gasteiger charge is -2.22. The number of nitrogens with one attached hydrogen (secondary N) is 2. The van der Waals surface area contributed by atoms with Gasteiger partial charge in [-0.15, -0.1) is 0 Å². The summed E-state index contributed by atoms with van der Waals surface area (Å²) in [6.07, 6.45) is 4.15. The minimum Gasteiger partial charge on any atom is -0.326 e. The van der Waals surface area contributed by atoms with E-state index in [1.807, 2.05) is 26.0 Å². The molecule has 1 unspecified atom stereocenters. The van der Waals surface area contributed by atoms with Crippen molar-refractivity contribution in [1.29, 1.82) is 0 Å². The fraction of sp³-hybridized carbons (Fsp3) is 0.533. The highest BCUT2D eigenvalue weighted by molar-refractivity contribution is 5.91. The molecule has 3 heteroatoms. The predicted octanol–water partition coefficient (Wildman–Crippen LogP) is 2.77. The molecule has 3 nitrogen and oxygen atoms in total. The monoisotopic (exact) mass is 246 g/mol. The van der Waals surface area contributed by atoms with Crippen LogP contribution in [0.15, 0.2) is 18.2 Å². The summed E-state index contributed by atoms with van der Waals surface area (Å²) in [4.78, 5) is 12.0. The highest BCUT2D eigenvalue weighted by atomic mass is 16.1. The Bertz CT molecular complexity index is 402. The zero-order valence-corrected chi connectivity index (χ0v) is 11.3. The molecule has 1 fully saturated rings. The number of aryl methyl sites for hydroxylation is 2. The predicted molar refractivity (Wildman–Crippen MR) is 74.8 cm³/mol. The van der Waals surface area contributed by atoms with Gasteiger partial charge in [0.2, 0.25) is 5.91 Å². The van der Waals surface area contributed by atoms with Crippen LogP contribution in [-0.2, 0) is 4.79 Å². The summed E-state index contributed by atoms with van der Waals surface area (Å²) < 4.78 is 0. The molecule has 1 aromatic rings. The first-order chi connectivity index (χ1) is 8.63. The molecule has 0 saturated carbocycles. The molecule has 18 heavy (non-hydrogen) atoms. The van der Waals surface area contributed by atoms with Gasteiger partial charge in [-0.3, -0.25) is 4.79 Å².